The van der Waals surface area contributed by atoms with Crippen molar-refractivity contribution in [2.75, 3.05) is 12.3 Å². The number of rotatable bonds is 5. The van der Waals surface area contributed by atoms with Crippen molar-refractivity contribution in [2.24, 2.45) is 5.73 Å². The highest BCUT2D eigenvalue weighted by Gasteiger charge is 2.02. The van der Waals surface area contributed by atoms with Crippen molar-refractivity contribution in [3.63, 3.8) is 0 Å². The highest BCUT2D eigenvalue weighted by Crippen LogP contribution is 2.19. The molecule has 4 heteroatoms. The number of thioether (sulfide) groups is 1. The first-order chi connectivity index (χ1) is 6.74. The van der Waals surface area contributed by atoms with Gasteiger partial charge in [-0.25, -0.2) is 4.79 Å². The molecule has 0 radical (unpaired) electrons. The van der Waals surface area contributed by atoms with Gasteiger partial charge in [0.25, 0.3) is 0 Å². The topological polar surface area (TPSA) is 63.3 Å². The molecule has 0 heterocycles. The van der Waals surface area contributed by atoms with Crippen molar-refractivity contribution in [1.29, 1.82) is 0 Å². The van der Waals surface area contributed by atoms with Crippen molar-refractivity contribution in [2.45, 2.75) is 11.3 Å². The zero-order valence-corrected chi connectivity index (χ0v) is 8.59. The van der Waals surface area contributed by atoms with Gasteiger partial charge < -0.3 is 10.8 Å². The number of nitrogens with two attached hydrogens (primary N) is 1. The molecule has 0 saturated heterocycles. The molecule has 0 amide bonds. The molecule has 14 heavy (non-hydrogen) atoms. The minimum Gasteiger partial charge on any atom is -0.478 e. The molecule has 3 nitrogen and oxygen atoms in total. The van der Waals surface area contributed by atoms with Gasteiger partial charge in [0.1, 0.15) is 0 Å². The lowest BCUT2D eigenvalue weighted by Crippen LogP contribution is -1.99. The number of hydrogen-bond acceptors (Lipinski definition) is 3. The maximum absolute atomic E-state index is 10.7. The molecular weight excluding hydrogens is 198 g/mol. The molecule has 1 aromatic rings. The van der Waals surface area contributed by atoms with E-state index in [1.54, 1.807) is 30.0 Å². The van der Waals surface area contributed by atoms with Gasteiger partial charge in [-0.3, -0.25) is 0 Å². The van der Waals surface area contributed by atoms with E-state index in [1.165, 1.54) is 0 Å². The van der Waals surface area contributed by atoms with Gasteiger partial charge in [-0.2, -0.15) is 0 Å². The number of carboxylic acids is 1. The first-order valence-corrected chi connectivity index (χ1v) is 5.39. The van der Waals surface area contributed by atoms with Crippen LogP contribution < -0.4 is 5.73 Å². The van der Waals surface area contributed by atoms with Gasteiger partial charge in [-0.1, -0.05) is 6.07 Å². The Morgan fingerprint density at radius 1 is 1.50 bits per heavy atom. The van der Waals surface area contributed by atoms with E-state index < -0.39 is 5.97 Å². The van der Waals surface area contributed by atoms with Crippen molar-refractivity contribution >= 4 is 17.7 Å². The summed E-state index contributed by atoms with van der Waals surface area (Å²) in [6, 6.07) is 6.95. The predicted octanol–water partition coefficient (Wildman–Crippen LogP) is 1.83. The third-order valence-corrected chi connectivity index (χ3v) is 2.78. The SMILES string of the molecule is NCCCSc1cccc(C(=O)O)c1. The molecule has 1 aromatic carbocycles. The van der Waals surface area contributed by atoms with Crippen LogP contribution in [-0.2, 0) is 0 Å². The molecule has 0 aliphatic rings. The largest absolute Gasteiger partial charge is 0.478 e. The molecule has 0 aliphatic heterocycles. The standard InChI is InChI=1S/C10H13NO2S/c11-5-2-6-14-9-4-1-3-8(7-9)10(12)13/h1,3-4,7H,2,5-6,11H2,(H,12,13). The lowest BCUT2D eigenvalue weighted by atomic mass is 10.2. The van der Waals surface area contributed by atoms with Crippen molar-refractivity contribution in [1.82, 2.24) is 0 Å². The Balaban J connectivity index is 2.59. The zero-order valence-electron chi connectivity index (χ0n) is 7.77. The lowest BCUT2D eigenvalue weighted by Gasteiger charge is -2.01. The molecule has 0 atom stereocenters. The summed E-state index contributed by atoms with van der Waals surface area (Å²) in [4.78, 5) is 11.6. The predicted molar refractivity (Wildman–Crippen MR) is 57.8 cm³/mol. The van der Waals surface area contributed by atoms with Crippen molar-refractivity contribution in [3.05, 3.63) is 29.8 Å². The van der Waals surface area contributed by atoms with Gasteiger partial charge in [-0.15, -0.1) is 11.8 Å². The number of aromatic carboxylic acids is 1. The summed E-state index contributed by atoms with van der Waals surface area (Å²) in [6.45, 7) is 0.672. The van der Waals surface area contributed by atoms with Gasteiger partial charge >= 0.3 is 5.97 Å². The van der Waals surface area contributed by atoms with Crippen molar-refractivity contribution in [3.8, 4) is 0 Å². The van der Waals surface area contributed by atoms with Crippen LogP contribution in [-0.4, -0.2) is 23.4 Å². The Bertz CT molecular complexity index is 315. The second kappa shape index (κ2) is 5.67. The highest BCUT2D eigenvalue weighted by atomic mass is 32.2. The normalized spacial score (nSPS) is 10.1. The summed E-state index contributed by atoms with van der Waals surface area (Å²) in [6.07, 6.45) is 0.946. The van der Waals surface area contributed by atoms with Crippen LogP contribution in [0.3, 0.4) is 0 Å². The summed E-state index contributed by atoms with van der Waals surface area (Å²) >= 11 is 1.63. The van der Waals surface area contributed by atoms with Gasteiger partial charge in [0.2, 0.25) is 0 Å². The summed E-state index contributed by atoms with van der Waals surface area (Å²) in [5.41, 5.74) is 5.70. The zero-order chi connectivity index (χ0) is 10.4. The molecule has 0 saturated carbocycles. The van der Waals surface area contributed by atoms with E-state index in [4.69, 9.17) is 10.8 Å². The number of carboxylic acid groups (broad SMARTS) is 1. The van der Waals surface area contributed by atoms with Crippen LogP contribution in [0.1, 0.15) is 16.8 Å². The number of carbonyl (C=O) groups is 1. The Morgan fingerprint density at radius 2 is 2.29 bits per heavy atom. The summed E-state index contributed by atoms with van der Waals surface area (Å²) in [5, 5.41) is 8.75. The first kappa shape index (κ1) is 11.1. The Hall–Kier alpha value is -1.00. The van der Waals surface area contributed by atoms with Gasteiger partial charge in [0.15, 0.2) is 0 Å². The van der Waals surface area contributed by atoms with E-state index in [0.717, 1.165) is 17.1 Å². The second-order valence-electron chi connectivity index (χ2n) is 2.82. The van der Waals surface area contributed by atoms with E-state index in [2.05, 4.69) is 0 Å². The Kier molecular flexibility index (Phi) is 4.49. The fraction of sp³-hybridized carbons (Fsp3) is 0.300. The molecule has 0 spiro atoms. The van der Waals surface area contributed by atoms with Crippen LogP contribution in [0.15, 0.2) is 29.2 Å². The third kappa shape index (κ3) is 3.40. The molecule has 0 bridgehead atoms. The third-order valence-electron chi connectivity index (χ3n) is 1.70. The molecule has 3 N–H and O–H groups in total. The number of hydrogen-bond donors (Lipinski definition) is 2. The van der Waals surface area contributed by atoms with Gasteiger partial charge in [-0.05, 0) is 36.9 Å². The molecule has 1 rings (SSSR count). The molecular formula is C10H13NO2S. The molecule has 0 aromatic heterocycles. The van der Waals surface area contributed by atoms with Crippen LogP contribution >= 0.6 is 11.8 Å². The van der Waals surface area contributed by atoms with Crippen LogP contribution in [0, 0.1) is 0 Å². The van der Waals surface area contributed by atoms with Crippen LogP contribution in [0.2, 0.25) is 0 Å². The monoisotopic (exact) mass is 211 g/mol. The summed E-state index contributed by atoms with van der Waals surface area (Å²) in [5.74, 6) is 0.0471. The quantitative estimate of drug-likeness (QED) is 0.576. The molecule has 76 valence electrons. The number of benzene rings is 1. The van der Waals surface area contributed by atoms with Crippen LogP contribution in [0.4, 0.5) is 0 Å². The van der Waals surface area contributed by atoms with Crippen LogP contribution in [0.25, 0.3) is 0 Å². The fourth-order valence-corrected chi connectivity index (χ4v) is 1.92. The Labute approximate surface area is 87.3 Å². The summed E-state index contributed by atoms with van der Waals surface area (Å²) < 4.78 is 0. The maximum Gasteiger partial charge on any atom is 0.335 e. The average Bonchev–Trinajstić information content (AvgIpc) is 2.19. The molecule has 0 aliphatic carbocycles. The van der Waals surface area contributed by atoms with Gasteiger partial charge in [0.05, 0.1) is 5.56 Å². The maximum atomic E-state index is 10.7. The molecule has 0 fully saturated rings. The van der Waals surface area contributed by atoms with E-state index in [-0.39, 0.29) is 0 Å². The first-order valence-electron chi connectivity index (χ1n) is 4.40. The summed E-state index contributed by atoms with van der Waals surface area (Å²) in [7, 11) is 0. The van der Waals surface area contributed by atoms with E-state index >= 15 is 0 Å². The smallest absolute Gasteiger partial charge is 0.335 e. The average molecular weight is 211 g/mol. The lowest BCUT2D eigenvalue weighted by molar-refractivity contribution is 0.0696. The second-order valence-corrected chi connectivity index (χ2v) is 3.99. The Morgan fingerprint density at radius 3 is 2.93 bits per heavy atom. The van der Waals surface area contributed by atoms with Crippen molar-refractivity contribution < 1.29 is 9.90 Å². The van der Waals surface area contributed by atoms with E-state index in [0.29, 0.717) is 12.1 Å². The van der Waals surface area contributed by atoms with E-state index in [1.807, 2.05) is 6.07 Å². The van der Waals surface area contributed by atoms with Crippen LogP contribution in [0.5, 0.6) is 0 Å². The highest BCUT2D eigenvalue weighted by molar-refractivity contribution is 7.99. The fourth-order valence-electron chi connectivity index (χ4n) is 0.992. The minimum atomic E-state index is -0.883. The molecule has 0 unspecified atom stereocenters. The minimum absolute atomic E-state index is 0.336. The van der Waals surface area contributed by atoms with Gasteiger partial charge in [0, 0.05) is 4.90 Å². The van der Waals surface area contributed by atoms with E-state index in [9.17, 15) is 4.79 Å².